The molecule has 1 aromatic heterocycles. The third-order valence-corrected chi connectivity index (χ3v) is 3.00. The predicted octanol–water partition coefficient (Wildman–Crippen LogP) is 2.01. The number of carbonyl (C=O) groups is 1. The van der Waals surface area contributed by atoms with Crippen LogP contribution in [0.25, 0.3) is 0 Å². The summed E-state index contributed by atoms with van der Waals surface area (Å²) in [7, 11) is 0. The molecule has 0 saturated carbocycles. The number of aromatic nitrogens is 2. The number of nitrogens with one attached hydrogen (secondary N) is 1. The maximum atomic E-state index is 12.7. The van der Waals surface area contributed by atoms with Gasteiger partial charge in [-0.15, -0.1) is 0 Å². The summed E-state index contributed by atoms with van der Waals surface area (Å²) in [5.74, 6) is 1.01. The topological polar surface area (TPSA) is 86.5 Å². The Labute approximate surface area is 139 Å². The molecular formula is C16H20FN3O4. The Morgan fingerprint density at radius 2 is 2.08 bits per heavy atom. The van der Waals surface area contributed by atoms with E-state index < -0.39 is 0 Å². The van der Waals surface area contributed by atoms with E-state index in [4.69, 9.17) is 14.0 Å². The van der Waals surface area contributed by atoms with E-state index in [0.29, 0.717) is 30.6 Å². The normalized spacial score (nSPS) is 10.6. The first kappa shape index (κ1) is 17.9. The number of aryl methyl sites for hydroxylation is 1. The highest BCUT2D eigenvalue weighted by Gasteiger charge is 2.05. The van der Waals surface area contributed by atoms with Crippen molar-refractivity contribution in [3.05, 3.63) is 41.8 Å². The second-order valence-corrected chi connectivity index (χ2v) is 5.09. The summed E-state index contributed by atoms with van der Waals surface area (Å²) in [5, 5.41) is 6.37. The molecule has 1 N–H and O–H groups in total. The molecule has 8 heteroatoms. The second kappa shape index (κ2) is 9.61. The monoisotopic (exact) mass is 337 g/mol. The Balaban J connectivity index is 1.46. The van der Waals surface area contributed by atoms with Gasteiger partial charge in [0.2, 0.25) is 5.91 Å². The lowest BCUT2D eigenvalue weighted by molar-refractivity contribution is -0.126. The lowest BCUT2D eigenvalue weighted by Crippen LogP contribution is -2.28. The van der Waals surface area contributed by atoms with Crippen molar-refractivity contribution in [2.75, 3.05) is 19.8 Å². The number of unbranched alkanes of at least 4 members (excludes halogenated alkanes) is 1. The van der Waals surface area contributed by atoms with Crippen molar-refractivity contribution in [1.82, 2.24) is 15.5 Å². The molecule has 0 spiro atoms. The predicted molar refractivity (Wildman–Crippen MR) is 82.8 cm³/mol. The highest BCUT2D eigenvalue weighted by molar-refractivity contribution is 5.77. The fourth-order valence-corrected chi connectivity index (χ4v) is 1.86. The number of hydrogen-bond donors (Lipinski definition) is 1. The molecule has 1 heterocycles. The van der Waals surface area contributed by atoms with Crippen LogP contribution in [0, 0.1) is 12.7 Å². The van der Waals surface area contributed by atoms with E-state index in [0.717, 1.165) is 12.8 Å². The van der Waals surface area contributed by atoms with E-state index in [-0.39, 0.29) is 24.9 Å². The highest BCUT2D eigenvalue weighted by Crippen LogP contribution is 2.11. The van der Waals surface area contributed by atoms with Crippen LogP contribution < -0.4 is 10.1 Å². The Morgan fingerprint density at radius 3 is 2.79 bits per heavy atom. The molecule has 1 aromatic carbocycles. The number of halogens is 1. The molecule has 130 valence electrons. The minimum atomic E-state index is -0.290. The van der Waals surface area contributed by atoms with Gasteiger partial charge in [0.05, 0.1) is 6.61 Å². The van der Waals surface area contributed by atoms with Crippen molar-refractivity contribution in [2.24, 2.45) is 0 Å². The summed E-state index contributed by atoms with van der Waals surface area (Å²) >= 11 is 0. The summed E-state index contributed by atoms with van der Waals surface area (Å²) in [4.78, 5) is 15.5. The average molecular weight is 337 g/mol. The maximum absolute atomic E-state index is 12.7. The Hall–Kier alpha value is -2.48. The molecule has 0 unspecified atom stereocenters. The van der Waals surface area contributed by atoms with Crippen LogP contribution in [-0.2, 0) is 16.1 Å². The third-order valence-electron chi connectivity index (χ3n) is 3.00. The Kier molecular flexibility index (Phi) is 7.16. The van der Waals surface area contributed by atoms with Gasteiger partial charge in [0.25, 0.3) is 5.89 Å². The quantitative estimate of drug-likeness (QED) is 0.668. The standard InChI is InChI=1S/C16H20FN3O4/c1-12-19-16(24-20-12)11-22-10-15(21)18-8-2-3-9-23-14-6-4-13(17)5-7-14/h4-7H,2-3,8-11H2,1H3,(H,18,21). The molecule has 0 aliphatic carbocycles. The molecule has 2 aromatic rings. The zero-order valence-corrected chi connectivity index (χ0v) is 13.5. The zero-order valence-electron chi connectivity index (χ0n) is 13.5. The number of carbonyl (C=O) groups excluding carboxylic acids is 1. The van der Waals surface area contributed by atoms with Crippen molar-refractivity contribution >= 4 is 5.91 Å². The van der Waals surface area contributed by atoms with Gasteiger partial charge in [-0.3, -0.25) is 4.79 Å². The average Bonchev–Trinajstić information content (AvgIpc) is 2.98. The minimum absolute atomic E-state index is 0.0620. The van der Waals surface area contributed by atoms with Gasteiger partial charge >= 0.3 is 0 Å². The van der Waals surface area contributed by atoms with E-state index >= 15 is 0 Å². The molecule has 0 saturated heterocycles. The lowest BCUT2D eigenvalue weighted by atomic mass is 10.3. The van der Waals surface area contributed by atoms with Crippen molar-refractivity contribution in [2.45, 2.75) is 26.4 Å². The van der Waals surface area contributed by atoms with E-state index in [2.05, 4.69) is 15.5 Å². The molecule has 7 nitrogen and oxygen atoms in total. The largest absolute Gasteiger partial charge is 0.494 e. The summed E-state index contributed by atoms with van der Waals surface area (Å²) < 4.78 is 28.2. The summed E-state index contributed by atoms with van der Waals surface area (Å²) in [6.07, 6.45) is 1.55. The molecule has 0 radical (unpaired) electrons. The molecule has 0 aliphatic rings. The maximum Gasteiger partial charge on any atom is 0.252 e. The van der Waals surface area contributed by atoms with Gasteiger partial charge in [-0.25, -0.2) is 4.39 Å². The van der Waals surface area contributed by atoms with Gasteiger partial charge in [0.15, 0.2) is 5.82 Å². The first-order valence-corrected chi connectivity index (χ1v) is 7.65. The van der Waals surface area contributed by atoms with Crippen LogP contribution in [0.2, 0.25) is 0 Å². The highest BCUT2D eigenvalue weighted by atomic mass is 19.1. The fourth-order valence-electron chi connectivity index (χ4n) is 1.86. The number of amides is 1. The van der Waals surface area contributed by atoms with Crippen LogP contribution in [0.15, 0.2) is 28.8 Å². The molecule has 2 rings (SSSR count). The number of ether oxygens (including phenoxy) is 2. The summed E-state index contributed by atoms with van der Waals surface area (Å²) in [6.45, 7) is 2.80. The molecule has 0 aliphatic heterocycles. The van der Waals surface area contributed by atoms with Gasteiger partial charge in [0, 0.05) is 6.54 Å². The fraction of sp³-hybridized carbons (Fsp3) is 0.438. The smallest absolute Gasteiger partial charge is 0.252 e. The molecule has 0 atom stereocenters. The van der Waals surface area contributed by atoms with Gasteiger partial charge in [-0.2, -0.15) is 4.98 Å². The minimum Gasteiger partial charge on any atom is -0.494 e. The molecule has 24 heavy (non-hydrogen) atoms. The first-order valence-electron chi connectivity index (χ1n) is 7.65. The number of benzene rings is 1. The Bertz CT molecular complexity index is 631. The van der Waals surface area contributed by atoms with Crippen LogP contribution >= 0.6 is 0 Å². The van der Waals surface area contributed by atoms with E-state index in [1.54, 1.807) is 19.1 Å². The molecule has 0 fully saturated rings. The van der Waals surface area contributed by atoms with Crippen molar-refractivity contribution in [3.8, 4) is 5.75 Å². The van der Waals surface area contributed by atoms with E-state index in [9.17, 15) is 9.18 Å². The lowest BCUT2D eigenvalue weighted by Gasteiger charge is -2.07. The van der Waals surface area contributed by atoms with Gasteiger partial charge in [-0.1, -0.05) is 5.16 Å². The second-order valence-electron chi connectivity index (χ2n) is 5.09. The summed E-state index contributed by atoms with van der Waals surface area (Å²) in [5.41, 5.74) is 0. The SMILES string of the molecule is Cc1noc(COCC(=O)NCCCCOc2ccc(F)cc2)n1. The van der Waals surface area contributed by atoms with Crippen LogP contribution in [0.5, 0.6) is 5.75 Å². The first-order chi connectivity index (χ1) is 11.6. The third kappa shape index (κ3) is 6.74. The van der Waals surface area contributed by atoms with E-state index in [1.807, 2.05) is 0 Å². The number of hydrogen-bond acceptors (Lipinski definition) is 6. The van der Waals surface area contributed by atoms with Crippen molar-refractivity contribution in [3.63, 3.8) is 0 Å². The number of rotatable bonds is 10. The van der Waals surface area contributed by atoms with Crippen LogP contribution in [0.3, 0.4) is 0 Å². The summed E-state index contributed by atoms with van der Waals surface area (Å²) in [6, 6.07) is 5.87. The molecule has 0 bridgehead atoms. The van der Waals surface area contributed by atoms with Crippen LogP contribution in [0.4, 0.5) is 4.39 Å². The van der Waals surface area contributed by atoms with Crippen LogP contribution in [-0.4, -0.2) is 35.8 Å². The van der Waals surface area contributed by atoms with Crippen molar-refractivity contribution < 1.29 is 23.2 Å². The van der Waals surface area contributed by atoms with Crippen LogP contribution in [0.1, 0.15) is 24.6 Å². The van der Waals surface area contributed by atoms with Gasteiger partial charge < -0.3 is 19.3 Å². The van der Waals surface area contributed by atoms with Gasteiger partial charge in [0.1, 0.15) is 24.8 Å². The molecule has 1 amide bonds. The molecular weight excluding hydrogens is 317 g/mol. The zero-order chi connectivity index (χ0) is 17.2. The Morgan fingerprint density at radius 1 is 1.29 bits per heavy atom. The van der Waals surface area contributed by atoms with Gasteiger partial charge in [-0.05, 0) is 44.0 Å². The van der Waals surface area contributed by atoms with Crippen molar-refractivity contribution in [1.29, 1.82) is 0 Å². The van der Waals surface area contributed by atoms with E-state index in [1.165, 1.54) is 12.1 Å². The number of nitrogens with zero attached hydrogens (tertiary/aromatic N) is 2.